The lowest BCUT2D eigenvalue weighted by Crippen LogP contribution is -2.27. The molecule has 136 valence electrons. The fourth-order valence-electron chi connectivity index (χ4n) is 2.79. The second kappa shape index (κ2) is 8.03. The van der Waals surface area contributed by atoms with Gasteiger partial charge in [0.05, 0.1) is 6.21 Å². The van der Waals surface area contributed by atoms with Gasteiger partial charge in [-0.1, -0.05) is 90.5 Å². The molecule has 4 rings (SSSR count). The van der Waals surface area contributed by atoms with Gasteiger partial charge in [-0.25, -0.2) is 4.99 Å². The highest BCUT2D eigenvalue weighted by Gasteiger charge is 2.31. The fourth-order valence-corrected chi connectivity index (χ4v) is 2.98. The largest absolute Gasteiger partial charge is 0.298 e. The van der Waals surface area contributed by atoms with Crippen LogP contribution in [-0.2, 0) is 4.79 Å². The van der Waals surface area contributed by atoms with E-state index in [0.717, 1.165) is 16.7 Å². The monoisotopic (exact) mass is 385 g/mol. The molecule has 0 spiro atoms. The molecule has 0 fully saturated rings. The molecule has 1 heterocycles. The zero-order valence-corrected chi connectivity index (χ0v) is 15.6. The van der Waals surface area contributed by atoms with E-state index in [4.69, 9.17) is 11.6 Å². The van der Waals surface area contributed by atoms with Gasteiger partial charge in [0, 0.05) is 10.6 Å². The van der Waals surface area contributed by atoms with Crippen LogP contribution in [0.2, 0.25) is 5.02 Å². The second-order valence-corrected chi connectivity index (χ2v) is 6.53. The van der Waals surface area contributed by atoms with Gasteiger partial charge < -0.3 is 0 Å². The van der Waals surface area contributed by atoms with Crippen LogP contribution in [0.15, 0.2) is 101 Å². The fraction of sp³-hybridized carbons (Fsp3) is 0. The summed E-state index contributed by atoms with van der Waals surface area (Å²) in [6, 6.07) is 26.5. The highest BCUT2D eigenvalue weighted by Crippen LogP contribution is 2.25. The summed E-state index contributed by atoms with van der Waals surface area (Å²) in [5, 5.41) is 6.29. The summed E-state index contributed by atoms with van der Waals surface area (Å²) in [5.41, 5.74) is 2.73. The van der Waals surface area contributed by atoms with Crippen LogP contribution < -0.4 is 0 Å². The van der Waals surface area contributed by atoms with Gasteiger partial charge in [-0.3, -0.25) is 4.79 Å². The average molecular weight is 386 g/mol. The van der Waals surface area contributed by atoms with Crippen molar-refractivity contribution in [2.45, 2.75) is 0 Å². The van der Waals surface area contributed by atoms with Gasteiger partial charge in [0.1, 0.15) is 5.70 Å². The van der Waals surface area contributed by atoms with Crippen LogP contribution in [0.1, 0.15) is 16.7 Å². The molecule has 1 aliphatic heterocycles. The first-order valence-corrected chi connectivity index (χ1v) is 9.14. The molecule has 0 aromatic heterocycles. The van der Waals surface area contributed by atoms with Gasteiger partial charge >= 0.3 is 0 Å². The Labute approximate surface area is 168 Å². The van der Waals surface area contributed by atoms with E-state index < -0.39 is 0 Å². The summed E-state index contributed by atoms with van der Waals surface area (Å²) < 4.78 is 0. The molecule has 1 aliphatic rings. The number of amides is 1. The number of nitrogens with zero attached hydrogens (tertiary/aromatic N) is 3. The molecule has 28 heavy (non-hydrogen) atoms. The van der Waals surface area contributed by atoms with Crippen molar-refractivity contribution >= 4 is 35.6 Å². The maximum atomic E-state index is 13.0. The van der Waals surface area contributed by atoms with Crippen molar-refractivity contribution in [2.75, 3.05) is 0 Å². The third-order valence-electron chi connectivity index (χ3n) is 4.19. The lowest BCUT2D eigenvalue weighted by molar-refractivity contribution is -0.122. The van der Waals surface area contributed by atoms with Crippen molar-refractivity contribution in [1.29, 1.82) is 0 Å². The minimum Gasteiger partial charge on any atom is -0.265 e. The summed E-state index contributed by atoms with van der Waals surface area (Å²) in [7, 11) is 0. The standard InChI is InChI=1S/C23H16ClN3O/c24-20-14-8-7-13-19(20)15-21-23(28)27(25-16-17-9-3-1-4-10-17)22(26-21)18-11-5-2-6-12-18/h1-16H/b21-15+,25-16+. The molecule has 5 heteroatoms. The molecule has 3 aromatic carbocycles. The molecule has 0 N–H and O–H groups in total. The molecule has 0 bridgehead atoms. The first-order valence-electron chi connectivity index (χ1n) is 8.76. The zero-order chi connectivity index (χ0) is 19.3. The summed E-state index contributed by atoms with van der Waals surface area (Å²) in [4.78, 5) is 17.6. The van der Waals surface area contributed by atoms with Gasteiger partial charge in [0.2, 0.25) is 0 Å². The average Bonchev–Trinajstić information content (AvgIpc) is 3.05. The quantitative estimate of drug-likeness (QED) is 0.460. The van der Waals surface area contributed by atoms with Gasteiger partial charge in [0.25, 0.3) is 5.91 Å². The van der Waals surface area contributed by atoms with E-state index in [1.54, 1.807) is 18.4 Å². The Morgan fingerprint density at radius 3 is 2.21 bits per heavy atom. The molecule has 0 saturated carbocycles. The highest BCUT2D eigenvalue weighted by atomic mass is 35.5. The minimum atomic E-state index is -0.300. The van der Waals surface area contributed by atoms with E-state index in [-0.39, 0.29) is 11.6 Å². The van der Waals surface area contributed by atoms with E-state index in [0.29, 0.717) is 10.9 Å². The third-order valence-corrected chi connectivity index (χ3v) is 4.53. The Morgan fingerprint density at radius 2 is 1.50 bits per heavy atom. The number of benzene rings is 3. The second-order valence-electron chi connectivity index (χ2n) is 6.12. The predicted octanol–water partition coefficient (Wildman–Crippen LogP) is 5.00. The van der Waals surface area contributed by atoms with Crippen LogP contribution in [0.3, 0.4) is 0 Å². The normalized spacial score (nSPS) is 15.5. The number of carbonyl (C=O) groups is 1. The predicted molar refractivity (Wildman–Crippen MR) is 113 cm³/mol. The molecule has 4 nitrogen and oxygen atoms in total. The third kappa shape index (κ3) is 3.77. The molecular formula is C23H16ClN3O. The number of hydrogen-bond donors (Lipinski definition) is 0. The van der Waals surface area contributed by atoms with Crippen molar-refractivity contribution in [1.82, 2.24) is 5.01 Å². The molecule has 0 saturated heterocycles. The Kier molecular flexibility index (Phi) is 5.13. The molecule has 1 amide bonds. The SMILES string of the molecule is O=C1/C(=C\c2ccccc2Cl)N=C(c2ccccc2)N1/N=C/c1ccccc1. The van der Waals surface area contributed by atoms with Crippen LogP contribution in [0.4, 0.5) is 0 Å². The Bertz CT molecular complexity index is 1090. The van der Waals surface area contributed by atoms with E-state index in [9.17, 15) is 4.79 Å². The number of hydrazone groups is 1. The van der Waals surface area contributed by atoms with Gasteiger partial charge in [-0.2, -0.15) is 10.1 Å². The summed E-state index contributed by atoms with van der Waals surface area (Å²) >= 11 is 6.23. The number of carbonyl (C=O) groups excluding carboxylic acids is 1. The van der Waals surface area contributed by atoms with Crippen molar-refractivity contribution in [3.05, 3.63) is 112 Å². The van der Waals surface area contributed by atoms with Crippen LogP contribution in [0.25, 0.3) is 6.08 Å². The first kappa shape index (κ1) is 17.9. The summed E-state index contributed by atoms with van der Waals surface area (Å²) in [6.07, 6.45) is 3.33. The van der Waals surface area contributed by atoms with Gasteiger partial charge in [0.15, 0.2) is 5.84 Å². The number of aliphatic imine (C=N–C) groups is 1. The topological polar surface area (TPSA) is 45.0 Å². The molecule has 0 radical (unpaired) electrons. The Balaban J connectivity index is 1.75. The first-order chi connectivity index (χ1) is 13.7. The molecule has 3 aromatic rings. The van der Waals surface area contributed by atoms with Crippen molar-refractivity contribution in [2.24, 2.45) is 10.1 Å². The highest BCUT2D eigenvalue weighted by molar-refractivity contribution is 6.32. The maximum Gasteiger partial charge on any atom is 0.298 e. The van der Waals surface area contributed by atoms with Crippen LogP contribution >= 0.6 is 11.6 Å². The zero-order valence-electron chi connectivity index (χ0n) is 14.9. The lowest BCUT2D eigenvalue weighted by atomic mass is 10.2. The van der Waals surface area contributed by atoms with Crippen LogP contribution in [0, 0.1) is 0 Å². The van der Waals surface area contributed by atoms with Gasteiger partial charge in [-0.15, -0.1) is 0 Å². The lowest BCUT2D eigenvalue weighted by Gasteiger charge is -2.11. The number of rotatable bonds is 4. The molecule has 0 aliphatic carbocycles. The Morgan fingerprint density at radius 1 is 0.857 bits per heavy atom. The molecular weight excluding hydrogens is 370 g/mol. The number of amidine groups is 1. The van der Waals surface area contributed by atoms with E-state index in [2.05, 4.69) is 10.1 Å². The molecule has 0 unspecified atom stereocenters. The van der Waals surface area contributed by atoms with E-state index in [1.807, 2.05) is 78.9 Å². The summed E-state index contributed by atoms with van der Waals surface area (Å²) in [6.45, 7) is 0. The van der Waals surface area contributed by atoms with Crippen LogP contribution in [-0.4, -0.2) is 23.0 Å². The van der Waals surface area contributed by atoms with Crippen molar-refractivity contribution in [3.8, 4) is 0 Å². The van der Waals surface area contributed by atoms with Gasteiger partial charge in [-0.05, 0) is 23.3 Å². The minimum absolute atomic E-state index is 0.289. The molecule has 0 atom stereocenters. The maximum absolute atomic E-state index is 13.0. The van der Waals surface area contributed by atoms with Crippen molar-refractivity contribution < 1.29 is 4.79 Å². The number of hydrogen-bond acceptors (Lipinski definition) is 3. The summed E-state index contributed by atoms with van der Waals surface area (Å²) in [5.74, 6) is 0.182. The van der Waals surface area contributed by atoms with Crippen molar-refractivity contribution in [3.63, 3.8) is 0 Å². The van der Waals surface area contributed by atoms with E-state index >= 15 is 0 Å². The van der Waals surface area contributed by atoms with Crippen LogP contribution in [0.5, 0.6) is 0 Å². The number of halogens is 1. The van der Waals surface area contributed by atoms with E-state index in [1.165, 1.54) is 5.01 Å². The Hall–Kier alpha value is -3.50. The smallest absolute Gasteiger partial charge is 0.265 e.